The molecule has 0 bridgehead atoms. The Bertz CT molecular complexity index is 692. The van der Waals surface area contributed by atoms with E-state index in [0.29, 0.717) is 0 Å². The number of pyridine rings is 1. The van der Waals surface area contributed by atoms with Crippen molar-refractivity contribution in [2.24, 2.45) is 0 Å². The smallest absolute Gasteiger partial charge is 0.0603 e. The summed E-state index contributed by atoms with van der Waals surface area (Å²) in [5.74, 6) is 0. The van der Waals surface area contributed by atoms with Crippen LogP contribution >= 0.6 is 0 Å². The van der Waals surface area contributed by atoms with Gasteiger partial charge in [0.25, 0.3) is 0 Å². The Morgan fingerprint density at radius 3 is 2.72 bits per heavy atom. The van der Waals surface area contributed by atoms with E-state index in [-0.39, 0.29) is 25.5 Å². The maximum Gasteiger partial charge on any atom is 0.0603 e. The Labute approximate surface area is 120 Å². The first kappa shape index (κ1) is 13.3. The van der Waals surface area contributed by atoms with Crippen LogP contribution in [-0.4, -0.2) is 9.38 Å². The molecule has 0 saturated heterocycles. The molecule has 0 saturated carbocycles. The Hall–Kier alpha value is -1.18. The first-order valence-corrected chi connectivity index (χ1v) is 5.83. The van der Waals surface area contributed by atoms with E-state index in [2.05, 4.69) is 50.0 Å². The minimum absolute atomic E-state index is 0. The van der Waals surface area contributed by atoms with Crippen LogP contribution in [0, 0.1) is 6.07 Å². The van der Waals surface area contributed by atoms with Gasteiger partial charge in [-0.15, -0.1) is 34.5 Å². The van der Waals surface area contributed by atoms with Gasteiger partial charge in [0.2, 0.25) is 0 Å². The van der Waals surface area contributed by atoms with E-state index < -0.39 is 0 Å². The fraction of sp³-hybridized carbons (Fsp3) is 0.267. The second kappa shape index (κ2) is 4.49. The molecule has 0 aliphatic rings. The van der Waals surface area contributed by atoms with Gasteiger partial charge in [0.15, 0.2) is 0 Å². The van der Waals surface area contributed by atoms with Crippen molar-refractivity contribution >= 4 is 16.4 Å². The van der Waals surface area contributed by atoms with E-state index in [1.807, 2.05) is 23.0 Å². The Kier molecular flexibility index (Phi) is 3.31. The van der Waals surface area contributed by atoms with Gasteiger partial charge >= 0.3 is 0 Å². The summed E-state index contributed by atoms with van der Waals surface area (Å²) in [6.07, 6.45) is 5.82. The third kappa shape index (κ3) is 2.09. The normalized spacial score (nSPS) is 11.7. The number of imidazole rings is 1. The van der Waals surface area contributed by atoms with E-state index in [9.17, 15) is 0 Å². The molecular formula is C15H15IrN2-. The molecule has 18 heavy (non-hydrogen) atoms. The summed E-state index contributed by atoms with van der Waals surface area (Å²) in [7, 11) is 0. The molecule has 0 spiro atoms. The first-order chi connectivity index (χ1) is 8.05. The van der Waals surface area contributed by atoms with Gasteiger partial charge in [-0.25, -0.2) is 0 Å². The number of nitrogens with zero attached hydrogens (tertiary/aromatic N) is 2. The molecule has 0 unspecified atom stereocenters. The fourth-order valence-electron chi connectivity index (χ4n) is 2.06. The SMILES string of the molecule is CC(C)(C)c1c[c-]c2c(ccn3ccnc23)c1.[Ir]. The van der Waals surface area contributed by atoms with Crippen molar-refractivity contribution in [1.82, 2.24) is 9.38 Å². The molecule has 0 atom stereocenters. The van der Waals surface area contributed by atoms with Crippen molar-refractivity contribution in [1.29, 1.82) is 0 Å². The number of hydrogen-bond donors (Lipinski definition) is 0. The maximum atomic E-state index is 4.37. The zero-order valence-corrected chi connectivity index (χ0v) is 13.1. The van der Waals surface area contributed by atoms with Crippen molar-refractivity contribution in [3.63, 3.8) is 0 Å². The van der Waals surface area contributed by atoms with Gasteiger partial charge in [-0.3, -0.25) is 4.98 Å². The molecule has 95 valence electrons. The van der Waals surface area contributed by atoms with Crippen LogP contribution in [0.4, 0.5) is 0 Å². The Morgan fingerprint density at radius 2 is 2.00 bits per heavy atom. The van der Waals surface area contributed by atoms with Crippen LogP contribution < -0.4 is 0 Å². The number of fused-ring (bicyclic) bond motifs is 3. The van der Waals surface area contributed by atoms with E-state index in [1.54, 1.807) is 0 Å². The van der Waals surface area contributed by atoms with Gasteiger partial charge in [-0.05, 0) is 11.6 Å². The fourth-order valence-corrected chi connectivity index (χ4v) is 2.06. The van der Waals surface area contributed by atoms with Crippen LogP contribution in [-0.2, 0) is 25.5 Å². The number of benzene rings is 1. The second-order valence-electron chi connectivity index (χ2n) is 5.44. The molecule has 2 aromatic heterocycles. The third-order valence-corrected chi connectivity index (χ3v) is 3.14. The van der Waals surface area contributed by atoms with Crippen LogP contribution in [0.15, 0.2) is 36.8 Å². The molecule has 1 radical (unpaired) electrons. The van der Waals surface area contributed by atoms with Gasteiger partial charge < -0.3 is 4.40 Å². The van der Waals surface area contributed by atoms with Gasteiger partial charge in [-0.2, -0.15) is 0 Å². The predicted octanol–water partition coefficient (Wildman–Crippen LogP) is 3.58. The Balaban J connectivity index is 0.00000120. The average Bonchev–Trinajstić information content (AvgIpc) is 2.75. The summed E-state index contributed by atoms with van der Waals surface area (Å²) in [4.78, 5) is 4.37. The summed E-state index contributed by atoms with van der Waals surface area (Å²) in [6.45, 7) is 6.65. The number of rotatable bonds is 0. The summed E-state index contributed by atoms with van der Waals surface area (Å²) >= 11 is 0. The summed E-state index contributed by atoms with van der Waals surface area (Å²) < 4.78 is 2.02. The second-order valence-corrected chi connectivity index (χ2v) is 5.44. The van der Waals surface area contributed by atoms with Crippen molar-refractivity contribution < 1.29 is 20.1 Å². The number of hydrogen-bond acceptors (Lipinski definition) is 1. The zero-order chi connectivity index (χ0) is 12.0. The minimum atomic E-state index is 0. The number of aromatic nitrogens is 2. The molecule has 2 nitrogen and oxygen atoms in total. The molecule has 0 amide bonds. The van der Waals surface area contributed by atoms with Crippen LogP contribution in [0.1, 0.15) is 26.3 Å². The van der Waals surface area contributed by atoms with Crippen LogP contribution in [0.3, 0.4) is 0 Å². The van der Waals surface area contributed by atoms with Crippen LogP contribution in [0.2, 0.25) is 0 Å². The van der Waals surface area contributed by atoms with E-state index in [0.717, 1.165) is 11.0 Å². The van der Waals surface area contributed by atoms with Crippen molar-refractivity contribution in [2.75, 3.05) is 0 Å². The first-order valence-electron chi connectivity index (χ1n) is 5.83. The zero-order valence-electron chi connectivity index (χ0n) is 10.7. The largest absolute Gasteiger partial charge is 0.347 e. The predicted molar refractivity (Wildman–Crippen MR) is 70.2 cm³/mol. The molecule has 0 aliphatic carbocycles. The van der Waals surface area contributed by atoms with Gasteiger partial charge in [0.05, 0.1) is 5.65 Å². The van der Waals surface area contributed by atoms with E-state index in [1.165, 1.54) is 10.9 Å². The monoisotopic (exact) mass is 416 g/mol. The molecule has 3 heteroatoms. The molecular weight excluding hydrogens is 400 g/mol. The summed E-state index contributed by atoms with van der Waals surface area (Å²) in [5.41, 5.74) is 2.44. The quantitative estimate of drug-likeness (QED) is 0.513. The van der Waals surface area contributed by atoms with Crippen LogP contribution in [0.5, 0.6) is 0 Å². The molecule has 2 heterocycles. The van der Waals surface area contributed by atoms with Gasteiger partial charge in [-0.1, -0.05) is 26.8 Å². The van der Waals surface area contributed by atoms with Crippen LogP contribution in [0.25, 0.3) is 16.4 Å². The summed E-state index contributed by atoms with van der Waals surface area (Å²) in [5, 5.41) is 2.29. The van der Waals surface area contributed by atoms with E-state index in [4.69, 9.17) is 0 Å². The Morgan fingerprint density at radius 1 is 1.22 bits per heavy atom. The van der Waals surface area contributed by atoms with Crippen molar-refractivity contribution in [2.45, 2.75) is 26.2 Å². The van der Waals surface area contributed by atoms with Crippen molar-refractivity contribution in [3.05, 3.63) is 48.4 Å². The molecule has 1 aromatic carbocycles. The van der Waals surface area contributed by atoms with E-state index >= 15 is 0 Å². The topological polar surface area (TPSA) is 17.3 Å². The molecule has 3 aromatic rings. The molecule has 0 aliphatic heterocycles. The average molecular weight is 416 g/mol. The standard InChI is InChI=1S/C15H15N2.Ir/c1-15(2,3)12-4-5-13-11(10-12)6-8-17-9-7-16-14(13)17;/h4,6-10H,1-3H3;/q-1;. The van der Waals surface area contributed by atoms with Crippen molar-refractivity contribution in [3.8, 4) is 0 Å². The maximum absolute atomic E-state index is 4.37. The molecule has 3 rings (SSSR count). The third-order valence-electron chi connectivity index (χ3n) is 3.14. The van der Waals surface area contributed by atoms with Gasteiger partial charge in [0.1, 0.15) is 0 Å². The van der Waals surface area contributed by atoms with Gasteiger partial charge in [0, 0.05) is 32.5 Å². The molecule has 0 N–H and O–H groups in total. The minimum Gasteiger partial charge on any atom is -0.347 e. The molecule has 0 fully saturated rings. The summed E-state index contributed by atoms with van der Waals surface area (Å²) in [6, 6.07) is 9.81.